The zero-order chi connectivity index (χ0) is 13.5. The lowest BCUT2D eigenvalue weighted by molar-refractivity contribution is -0.124. The van der Waals surface area contributed by atoms with Crippen molar-refractivity contribution in [3.05, 3.63) is 41.7 Å². The van der Waals surface area contributed by atoms with Crippen molar-refractivity contribution < 1.29 is 4.79 Å². The summed E-state index contributed by atoms with van der Waals surface area (Å²) in [6.45, 7) is 0.549. The Kier molecular flexibility index (Phi) is 4.57. The van der Waals surface area contributed by atoms with E-state index in [0.717, 1.165) is 5.56 Å². The first-order valence-electron chi connectivity index (χ1n) is 6.03. The van der Waals surface area contributed by atoms with Crippen LogP contribution >= 0.6 is 0 Å². The summed E-state index contributed by atoms with van der Waals surface area (Å²) in [6.07, 6.45) is 0.620. The topological polar surface area (TPSA) is 110 Å². The molecule has 7 heteroatoms. The summed E-state index contributed by atoms with van der Waals surface area (Å²) in [6, 6.07) is 9.79. The molecule has 1 unspecified atom stereocenters. The number of nitrogens with zero attached hydrogens (tertiary/aromatic N) is 3. The zero-order valence-corrected chi connectivity index (χ0v) is 10.4. The predicted octanol–water partition coefficient (Wildman–Crippen LogP) is -0.367. The van der Waals surface area contributed by atoms with Crippen molar-refractivity contribution in [3.8, 4) is 0 Å². The SMILES string of the molecule is NCC(Cc1ccccc1)C(=O)NCc1nn[nH]n1. The molecule has 1 atom stereocenters. The molecule has 2 rings (SSSR count). The molecule has 7 nitrogen and oxygen atoms in total. The highest BCUT2D eigenvalue weighted by Gasteiger charge is 2.17. The average molecular weight is 260 g/mol. The molecule has 0 saturated carbocycles. The molecule has 4 N–H and O–H groups in total. The molecule has 19 heavy (non-hydrogen) atoms. The second-order valence-electron chi connectivity index (χ2n) is 4.17. The third-order valence-corrected chi connectivity index (χ3v) is 2.79. The lowest BCUT2D eigenvalue weighted by Crippen LogP contribution is -2.36. The summed E-state index contributed by atoms with van der Waals surface area (Å²) in [4.78, 5) is 12.0. The molecule has 0 aliphatic rings. The summed E-state index contributed by atoms with van der Waals surface area (Å²) in [5.41, 5.74) is 6.75. The van der Waals surface area contributed by atoms with Crippen molar-refractivity contribution in [1.82, 2.24) is 25.9 Å². The monoisotopic (exact) mass is 260 g/mol. The maximum absolute atomic E-state index is 12.0. The van der Waals surface area contributed by atoms with Crippen LogP contribution in [0, 0.1) is 5.92 Å². The number of tetrazole rings is 1. The van der Waals surface area contributed by atoms with Crippen LogP contribution in [-0.2, 0) is 17.8 Å². The van der Waals surface area contributed by atoms with E-state index < -0.39 is 0 Å². The number of H-pyrrole nitrogens is 1. The summed E-state index contributed by atoms with van der Waals surface area (Å²) in [7, 11) is 0. The highest BCUT2D eigenvalue weighted by molar-refractivity contribution is 5.79. The van der Waals surface area contributed by atoms with Gasteiger partial charge < -0.3 is 11.1 Å². The van der Waals surface area contributed by atoms with E-state index in [4.69, 9.17) is 5.73 Å². The molecule has 2 aromatic rings. The van der Waals surface area contributed by atoms with Gasteiger partial charge in [-0.2, -0.15) is 5.21 Å². The zero-order valence-electron chi connectivity index (χ0n) is 10.4. The Hall–Kier alpha value is -2.28. The fourth-order valence-corrected chi connectivity index (χ4v) is 1.75. The number of carbonyl (C=O) groups is 1. The fourth-order valence-electron chi connectivity index (χ4n) is 1.75. The number of hydrogen-bond acceptors (Lipinski definition) is 5. The van der Waals surface area contributed by atoms with Gasteiger partial charge in [0.25, 0.3) is 0 Å². The molecule has 0 aliphatic heterocycles. The van der Waals surface area contributed by atoms with Gasteiger partial charge in [0.1, 0.15) is 0 Å². The summed E-state index contributed by atoms with van der Waals surface area (Å²) in [5, 5.41) is 16.0. The molecular weight excluding hydrogens is 244 g/mol. The number of carbonyl (C=O) groups excluding carboxylic acids is 1. The lowest BCUT2D eigenvalue weighted by atomic mass is 9.98. The molecule has 0 bridgehead atoms. The third-order valence-electron chi connectivity index (χ3n) is 2.79. The third kappa shape index (κ3) is 3.85. The van der Waals surface area contributed by atoms with Gasteiger partial charge in [-0.15, -0.1) is 10.2 Å². The fraction of sp³-hybridized carbons (Fsp3) is 0.333. The van der Waals surface area contributed by atoms with E-state index in [1.54, 1.807) is 0 Å². The second-order valence-corrected chi connectivity index (χ2v) is 4.17. The van der Waals surface area contributed by atoms with E-state index in [0.29, 0.717) is 18.8 Å². The minimum absolute atomic E-state index is 0.101. The van der Waals surface area contributed by atoms with E-state index in [-0.39, 0.29) is 18.4 Å². The van der Waals surface area contributed by atoms with E-state index in [2.05, 4.69) is 25.9 Å². The first kappa shape index (κ1) is 13.2. The average Bonchev–Trinajstić information content (AvgIpc) is 2.96. The molecule has 1 aromatic heterocycles. The number of amides is 1. The Morgan fingerprint density at radius 1 is 1.37 bits per heavy atom. The highest BCUT2D eigenvalue weighted by Crippen LogP contribution is 2.08. The van der Waals surface area contributed by atoms with Gasteiger partial charge in [0.2, 0.25) is 5.91 Å². The van der Waals surface area contributed by atoms with Gasteiger partial charge in [0, 0.05) is 6.54 Å². The van der Waals surface area contributed by atoms with E-state index >= 15 is 0 Å². The van der Waals surface area contributed by atoms with Crippen LogP contribution < -0.4 is 11.1 Å². The van der Waals surface area contributed by atoms with Crippen molar-refractivity contribution >= 4 is 5.91 Å². The minimum atomic E-state index is -0.255. The molecule has 0 fully saturated rings. The highest BCUT2D eigenvalue weighted by atomic mass is 16.1. The van der Waals surface area contributed by atoms with Crippen molar-refractivity contribution in [3.63, 3.8) is 0 Å². The maximum Gasteiger partial charge on any atom is 0.225 e. The number of hydrogen-bond donors (Lipinski definition) is 3. The molecule has 1 amide bonds. The van der Waals surface area contributed by atoms with Crippen molar-refractivity contribution in [1.29, 1.82) is 0 Å². The number of rotatable bonds is 6. The molecule has 0 aliphatic carbocycles. The number of aromatic nitrogens is 4. The molecule has 0 radical (unpaired) electrons. The minimum Gasteiger partial charge on any atom is -0.348 e. The van der Waals surface area contributed by atoms with E-state index in [1.807, 2.05) is 30.3 Å². The van der Waals surface area contributed by atoms with Crippen LogP contribution in [0.4, 0.5) is 0 Å². The van der Waals surface area contributed by atoms with Crippen molar-refractivity contribution in [2.45, 2.75) is 13.0 Å². The Morgan fingerprint density at radius 2 is 2.16 bits per heavy atom. The van der Waals surface area contributed by atoms with Crippen molar-refractivity contribution in [2.75, 3.05) is 6.54 Å². The number of nitrogens with two attached hydrogens (primary N) is 1. The Bertz CT molecular complexity index is 498. The van der Waals surface area contributed by atoms with Gasteiger partial charge in [0.15, 0.2) is 5.82 Å². The van der Waals surface area contributed by atoms with Crippen LogP contribution in [0.5, 0.6) is 0 Å². The van der Waals surface area contributed by atoms with Gasteiger partial charge >= 0.3 is 0 Å². The van der Waals surface area contributed by atoms with E-state index in [1.165, 1.54) is 0 Å². The van der Waals surface area contributed by atoms with Crippen LogP contribution in [0.25, 0.3) is 0 Å². The van der Waals surface area contributed by atoms with Gasteiger partial charge in [0.05, 0.1) is 12.5 Å². The van der Waals surface area contributed by atoms with E-state index in [9.17, 15) is 4.79 Å². The smallest absolute Gasteiger partial charge is 0.225 e. The molecule has 100 valence electrons. The van der Waals surface area contributed by atoms with Crippen LogP contribution in [-0.4, -0.2) is 33.1 Å². The lowest BCUT2D eigenvalue weighted by Gasteiger charge is -2.14. The second kappa shape index (κ2) is 6.60. The first-order chi connectivity index (χ1) is 9.29. The maximum atomic E-state index is 12.0. The summed E-state index contributed by atoms with van der Waals surface area (Å²) < 4.78 is 0. The number of aromatic amines is 1. The standard InChI is InChI=1S/C12H16N6O/c13-7-10(6-9-4-2-1-3-5-9)12(19)14-8-11-15-17-18-16-11/h1-5,10H,6-8,13H2,(H,14,19)(H,15,16,17,18). The molecule has 0 spiro atoms. The van der Waals surface area contributed by atoms with Crippen LogP contribution in [0.15, 0.2) is 30.3 Å². The largest absolute Gasteiger partial charge is 0.348 e. The first-order valence-corrected chi connectivity index (χ1v) is 6.03. The Balaban J connectivity index is 1.88. The van der Waals surface area contributed by atoms with Gasteiger partial charge in [-0.1, -0.05) is 35.5 Å². The predicted molar refractivity (Wildman–Crippen MR) is 68.7 cm³/mol. The van der Waals surface area contributed by atoms with Gasteiger partial charge in [-0.3, -0.25) is 4.79 Å². The van der Waals surface area contributed by atoms with Crippen LogP contribution in [0.1, 0.15) is 11.4 Å². The Labute approximate surface area is 110 Å². The number of nitrogens with one attached hydrogen (secondary N) is 2. The summed E-state index contributed by atoms with van der Waals surface area (Å²) >= 11 is 0. The molecule has 1 heterocycles. The van der Waals surface area contributed by atoms with Gasteiger partial charge in [-0.25, -0.2) is 0 Å². The van der Waals surface area contributed by atoms with Gasteiger partial charge in [-0.05, 0) is 12.0 Å². The number of benzene rings is 1. The summed E-state index contributed by atoms with van der Waals surface area (Å²) in [5.74, 6) is 0.0919. The normalized spacial score (nSPS) is 12.1. The van der Waals surface area contributed by atoms with Crippen LogP contribution in [0.2, 0.25) is 0 Å². The molecule has 0 saturated heterocycles. The molecule has 1 aromatic carbocycles. The quantitative estimate of drug-likeness (QED) is 0.656. The Morgan fingerprint density at radius 3 is 2.79 bits per heavy atom. The molecular formula is C12H16N6O. The van der Waals surface area contributed by atoms with Crippen LogP contribution in [0.3, 0.4) is 0 Å². The van der Waals surface area contributed by atoms with Crippen molar-refractivity contribution in [2.24, 2.45) is 11.7 Å².